The van der Waals surface area contributed by atoms with E-state index in [1.165, 1.54) is 12.3 Å². The van der Waals surface area contributed by atoms with Crippen molar-refractivity contribution in [1.29, 1.82) is 0 Å². The molecule has 2 heterocycles. The highest BCUT2D eigenvalue weighted by molar-refractivity contribution is 7.84. The van der Waals surface area contributed by atoms with Gasteiger partial charge in [-0.1, -0.05) is 12.1 Å². The maximum absolute atomic E-state index is 12.4. The first-order valence-corrected chi connectivity index (χ1v) is 14.4. The zero-order chi connectivity index (χ0) is 28.2. The second kappa shape index (κ2) is 15.1. The molecular weight excluding hydrogens is 532 g/mol. The van der Waals surface area contributed by atoms with Gasteiger partial charge in [0.2, 0.25) is 11.9 Å². The molecule has 1 aromatic heterocycles. The van der Waals surface area contributed by atoms with E-state index in [-0.39, 0.29) is 5.91 Å². The van der Waals surface area contributed by atoms with E-state index in [9.17, 15) is 9.00 Å². The van der Waals surface area contributed by atoms with Gasteiger partial charge in [-0.3, -0.25) is 13.9 Å². The first-order chi connectivity index (χ1) is 19.5. The molecule has 1 amide bonds. The molecule has 1 saturated heterocycles. The van der Waals surface area contributed by atoms with Gasteiger partial charge in [-0.25, -0.2) is 4.98 Å². The van der Waals surface area contributed by atoms with Crippen LogP contribution in [0, 0.1) is 0 Å². The van der Waals surface area contributed by atoms with Crippen LogP contribution in [0.2, 0.25) is 0 Å². The number of rotatable bonds is 13. The van der Waals surface area contributed by atoms with Crippen molar-refractivity contribution in [2.45, 2.75) is 4.90 Å². The third-order valence-corrected chi connectivity index (χ3v) is 6.78. The van der Waals surface area contributed by atoms with Crippen LogP contribution in [0.5, 0.6) is 5.75 Å². The Morgan fingerprint density at radius 2 is 1.85 bits per heavy atom. The van der Waals surface area contributed by atoms with Crippen molar-refractivity contribution in [2.75, 3.05) is 75.4 Å². The summed E-state index contributed by atoms with van der Waals surface area (Å²) < 4.78 is 28.3. The Bertz CT molecular complexity index is 1310. The number of amides is 1. The van der Waals surface area contributed by atoms with Crippen LogP contribution in [-0.2, 0) is 25.1 Å². The molecule has 2 aromatic carbocycles. The molecule has 0 aliphatic carbocycles. The molecule has 0 spiro atoms. The monoisotopic (exact) mass is 566 g/mol. The van der Waals surface area contributed by atoms with Gasteiger partial charge < -0.3 is 30.2 Å². The number of hydrogen-bond acceptors (Lipinski definition) is 10. The summed E-state index contributed by atoms with van der Waals surface area (Å²) in [5.74, 6) is 1.23. The van der Waals surface area contributed by atoms with Gasteiger partial charge in [0.25, 0.3) is 0 Å². The van der Waals surface area contributed by atoms with Crippen LogP contribution in [0.25, 0.3) is 0 Å². The Labute approximate surface area is 236 Å². The highest BCUT2D eigenvalue weighted by Crippen LogP contribution is 2.25. The van der Waals surface area contributed by atoms with Crippen LogP contribution < -0.4 is 20.7 Å². The normalized spacial score (nSPS) is 14.6. The molecule has 1 atom stereocenters. The van der Waals surface area contributed by atoms with E-state index in [0.29, 0.717) is 47.8 Å². The SMILES string of the molecule is COCCOc1ccc(Nc2ncc(S(C)=O)c(Nc3cccc(NC(=O)/C=C/CN4CCOCC4)c3)n2)cc1. The van der Waals surface area contributed by atoms with E-state index in [1.807, 2.05) is 42.5 Å². The molecule has 3 aromatic rings. The van der Waals surface area contributed by atoms with E-state index in [2.05, 4.69) is 30.8 Å². The number of nitrogens with zero attached hydrogens (tertiary/aromatic N) is 3. The Balaban J connectivity index is 1.39. The lowest BCUT2D eigenvalue weighted by Crippen LogP contribution is -2.36. The Kier molecular flexibility index (Phi) is 11.0. The van der Waals surface area contributed by atoms with Crippen LogP contribution in [-0.4, -0.2) is 84.4 Å². The standard InChI is InChI=1S/C28H34N6O5S/c1-37-17-18-39-24-10-8-21(9-11-24)32-28-29-20-25(40(2)36)27(33-28)31-23-6-3-5-22(19-23)30-26(35)7-4-12-34-13-15-38-16-14-34/h3-11,19-20H,12-18H2,1-2H3,(H,30,35)(H2,29,31,32,33)/b7-4+. The molecule has 0 bridgehead atoms. The molecule has 0 saturated carbocycles. The minimum absolute atomic E-state index is 0.218. The minimum atomic E-state index is -1.33. The zero-order valence-electron chi connectivity index (χ0n) is 22.6. The third kappa shape index (κ3) is 9.12. The van der Waals surface area contributed by atoms with Gasteiger partial charge in [0, 0.05) is 56.1 Å². The van der Waals surface area contributed by atoms with Gasteiger partial charge >= 0.3 is 0 Å². The first kappa shape index (κ1) is 29.2. The summed E-state index contributed by atoms with van der Waals surface area (Å²) in [6.07, 6.45) is 6.48. The number of carbonyl (C=O) groups excluding carboxylic acids is 1. The molecular formula is C28H34N6O5S. The number of benzene rings is 2. The van der Waals surface area contributed by atoms with Crippen LogP contribution in [0.15, 0.2) is 71.8 Å². The summed E-state index contributed by atoms with van der Waals surface area (Å²) in [4.78, 5) is 24.0. The van der Waals surface area contributed by atoms with Gasteiger partial charge in [-0.15, -0.1) is 0 Å². The average molecular weight is 567 g/mol. The summed E-state index contributed by atoms with van der Waals surface area (Å²) in [5, 5.41) is 9.25. The van der Waals surface area contributed by atoms with Crippen LogP contribution >= 0.6 is 0 Å². The highest BCUT2D eigenvalue weighted by Gasteiger charge is 2.12. The van der Waals surface area contributed by atoms with Crippen molar-refractivity contribution in [1.82, 2.24) is 14.9 Å². The van der Waals surface area contributed by atoms with Gasteiger partial charge in [-0.2, -0.15) is 4.98 Å². The average Bonchev–Trinajstić information content (AvgIpc) is 2.95. The van der Waals surface area contributed by atoms with E-state index in [0.717, 1.165) is 37.7 Å². The van der Waals surface area contributed by atoms with Crippen molar-refractivity contribution in [3.8, 4) is 5.75 Å². The molecule has 212 valence electrons. The van der Waals surface area contributed by atoms with Gasteiger partial charge in [0.15, 0.2) is 5.82 Å². The Hall–Kier alpha value is -3.84. The van der Waals surface area contributed by atoms with Crippen LogP contribution in [0.4, 0.5) is 28.8 Å². The fraction of sp³-hybridized carbons (Fsp3) is 0.321. The van der Waals surface area contributed by atoms with Crippen molar-refractivity contribution in [3.63, 3.8) is 0 Å². The predicted octanol–water partition coefficient (Wildman–Crippen LogP) is 3.55. The Morgan fingerprint density at radius 3 is 2.60 bits per heavy atom. The molecule has 40 heavy (non-hydrogen) atoms. The second-order valence-electron chi connectivity index (χ2n) is 8.86. The topological polar surface area (TPSA) is 127 Å². The van der Waals surface area contributed by atoms with Gasteiger partial charge in [0.05, 0.1) is 41.7 Å². The quantitative estimate of drug-likeness (QED) is 0.209. The first-order valence-electron chi connectivity index (χ1n) is 12.8. The zero-order valence-corrected chi connectivity index (χ0v) is 23.4. The van der Waals surface area contributed by atoms with E-state index in [1.54, 1.807) is 25.5 Å². The number of hydrogen-bond donors (Lipinski definition) is 3. The van der Waals surface area contributed by atoms with Crippen molar-refractivity contribution >= 4 is 45.5 Å². The van der Waals surface area contributed by atoms with Crippen molar-refractivity contribution < 1.29 is 23.2 Å². The molecule has 1 aliphatic heterocycles. The number of anilines is 5. The molecule has 1 unspecified atom stereocenters. The van der Waals surface area contributed by atoms with E-state index in [4.69, 9.17) is 14.2 Å². The second-order valence-corrected chi connectivity index (χ2v) is 10.2. The van der Waals surface area contributed by atoms with E-state index >= 15 is 0 Å². The predicted molar refractivity (Wildman–Crippen MR) is 156 cm³/mol. The number of methoxy groups -OCH3 is 1. The van der Waals surface area contributed by atoms with Gasteiger partial charge in [-0.05, 0) is 42.5 Å². The molecule has 1 aliphatic rings. The summed E-state index contributed by atoms with van der Waals surface area (Å²) in [5.41, 5.74) is 2.05. The number of aromatic nitrogens is 2. The van der Waals surface area contributed by atoms with Crippen molar-refractivity contribution in [3.05, 3.63) is 66.9 Å². The fourth-order valence-corrected chi connectivity index (χ4v) is 4.40. The number of nitrogens with one attached hydrogen (secondary N) is 3. The number of carbonyl (C=O) groups is 1. The largest absolute Gasteiger partial charge is 0.491 e. The molecule has 0 radical (unpaired) electrons. The van der Waals surface area contributed by atoms with Crippen molar-refractivity contribution in [2.24, 2.45) is 0 Å². The molecule has 12 heteroatoms. The third-order valence-electron chi connectivity index (χ3n) is 5.86. The maximum Gasteiger partial charge on any atom is 0.248 e. The minimum Gasteiger partial charge on any atom is -0.491 e. The molecule has 1 fully saturated rings. The maximum atomic E-state index is 12.4. The summed E-state index contributed by atoms with van der Waals surface area (Å²) in [6, 6.07) is 14.6. The lowest BCUT2D eigenvalue weighted by Gasteiger charge is -2.25. The summed E-state index contributed by atoms with van der Waals surface area (Å²) in [6.45, 7) is 4.84. The molecule has 11 nitrogen and oxygen atoms in total. The molecule has 3 N–H and O–H groups in total. The van der Waals surface area contributed by atoms with Crippen LogP contribution in [0.3, 0.4) is 0 Å². The van der Waals surface area contributed by atoms with E-state index < -0.39 is 10.8 Å². The fourth-order valence-electron chi connectivity index (χ4n) is 3.83. The highest BCUT2D eigenvalue weighted by atomic mass is 32.2. The smallest absolute Gasteiger partial charge is 0.248 e. The molecule has 4 rings (SSSR count). The lowest BCUT2D eigenvalue weighted by atomic mass is 10.2. The number of ether oxygens (including phenoxy) is 3. The Morgan fingerprint density at radius 1 is 1.07 bits per heavy atom. The number of morpholine rings is 1. The summed E-state index contributed by atoms with van der Waals surface area (Å²) >= 11 is 0. The van der Waals surface area contributed by atoms with Crippen LogP contribution in [0.1, 0.15) is 0 Å². The lowest BCUT2D eigenvalue weighted by molar-refractivity contribution is -0.111. The summed E-state index contributed by atoms with van der Waals surface area (Å²) in [7, 11) is 0.296. The van der Waals surface area contributed by atoms with Gasteiger partial charge in [0.1, 0.15) is 12.4 Å².